The van der Waals surface area contributed by atoms with E-state index in [0.29, 0.717) is 23.6 Å². The minimum atomic E-state index is -0.925. The Morgan fingerprint density at radius 3 is 1.90 bits per heavy atom. The van der Waals surface area contributed by atoms with E-state index in [2.05, 4.69) is 87.0 Å². The predicted molar refractivity (Wildman–Crippen MR) is 128 cm³/mol. The van der Waals surface area contributed by atoms with Crippen LogP contribution in [0.25, 0.3) is 0 Å². The zero-order chi connectivity index (χ0) is 22.6. The number of hydrogen-bond acceptors (Lipinski definition) is 6. The first-order chi connectivity index (χ1) is 14.6. The Kier molecular flexibility index (Phi) is 6.25. The van der Waals surface area contributed by atoms with Gasteiger partial charge in [0.1, 0.15) is 5.37 Å². The van der Waals surface area contributed by atoms with Crippen LogP contribution in [0.3, 0.4) is 0 Å². The summed E-state index contributed by atoms with van der Waals surface area (Å²) in [5.41, 5.74) is 1.000. The van der Waals surface area contributed by atoms with E-state index in [1.165, 1.54) is 24.3 Å². The summed E-state index contributed by atoms with van der Waals surface area (Å²) in [4.78, 5) is 50.7. The molecule has 0 radical (unpaired) electrons. The molecular weight excluding hydrogens is 690 g/mol. The van der Waals surface area contributed by atoms with Gasteiger partial charge in [0.05, 0.1) is 16.8 Å². The number of hydrogen-bond donors (Lipinski definition) is 3. The average molecular weight is 699 g/mol. The van der Waals surface area contributed by atoms with Gasteiger partial charge in [-0.1, -0.05) is 0 Å². The summed E-state index contributed by atoms with van der Waals surface area (Å²) >= 11 is 17.6. The largest absolute Gasteiger partial charge is 0.422 e. The molecule has 2 aromatic rings. The van der Waals surface area contributed by atoms with E-state index in [-0.39, 0.29) is 16.7 Å². The molecule has 0 aliphatic carbocycles. The molecule has 2 aliphatic heterocycles. The van der Waals surface area contributed by atoms with Gasteiger partial charge in [0.15, 0.2) is 0 Å². The van der Waals surface area contributed by atoms with Crippen molar-refractivity contribution in [1.29, 1.82) is 0 Å². The minimum Gasteiger partial charge on any atom is -0.422 e. The second-order valence-corrected chi connectivity index (χ2v) is 10.1. The molecule has 4 rings (SSSR count). The molecule has 0 saturated carbocycles. The van der Waals surface area contributed by atoms with Crippen molar-refractivity contribution < 1.29 is 23.9 Å². The molecule has 13 heteroatoms. The Morgan fingerprint density at radius 1 is 0.935 bits per heavy atom. The molecule has 0 bridgehead atoms. The van der Waals surface area contributed by atoms with Gasteiger partial charge in [-0.2, -0.15) is 0 Å². The van der Waals surface area contributed by atoms with Crippen molar-refractivity contribution in [3.63, 3.8) is 0 Å². The molecule has 2 atom stereocenters. The molecule has 0 spiro atoms. The second-order valence-electron chi connectivity index (χ2n) is 6.39. The predicted octanol–water partition coefficient (Wildman–Crippen LogP) is 4.59. The van der Waals surface area contributed by atoms with Crippen LogP contribution in [0.15, 0.2) is 42.2 Å². The highest BCUT2D eigenvalue weighted by molar-refractivity contribution is 9.15. The lowest BCUT2D eigenvalue weighted by Gasteiger charge is -2.16. The van der Waals surface area contributed by atoms with E-state index in [4.69, 9.17) is 4.74 Å². The molecule has 31 heavy (non-hydrogen) atoms. The molecule has 2 N–H and O–H groups in total. The van der Waals surface area contributed by atoms with E-state index in [9.17, 15) is 19.2 Å². The van der Waals surface area contributed by atoms with Crippen molar-refractivity contribution in [2.75, 3.05) is 4.90 Å². The maximum absolute atomic E-state index is 13.0. The number of halogens is 4. The van der Waals surface area contributed by atoms with Gasteiger partial charge in [-0.05, 0) is 88.0 Å². The summed E-state index contributed by atoms with van der Waals surface area (Å²) in [6.07, 6.45) is -1.60. The average Bonchev–Trinajstić information content (AvgIpc) is 3.19. The van der Waals surface area contributed by atoms with Crippen LogP contribution in [0.5, 0.6) is 0 Å². The molecule has 2 aliphatic rings. The molecule has 2 heterocycles. The Morgan fingerprint density at radius 2 is 1.45 bits per heavy atom. The second kappa shape index (κ2) is 8.50. The lowest BCUT2D eigenvalue weighted by atomic mass is 10.1. The summed E-state index contributed by atoms with van der Waals surface area (Å²) in [6.45, 7) is 0. The Labute approximate surface area is 214 Å². The number of amides is 4. The van der Waals surface area contributed by atoms with Gasteiger partial charge in [-0.25, -0.2) is 9.69 Å². The number of rotatable bonds is 3. The summed E-state index contributed by atoms with van der Waals surface area (Å²) in [7, 11) is 0. The Hall–Kier alpha value is -1.41. The molecule has 1 saturated heterocycles. The minimum absolute atomic E-state index is 0.226. The highest BCUT2D eigenvalue weighted by atomic mass is 79.9. The van der Waals surface area contributed by atoms with Crippen LogP contribution in [0, 0.1) is 0 Å². The van der Waals surface area contributed by atoms with Crippen LogP contribution >= 0.6 is 76.3 Å². The molecule has 8 nitrogen and oxygen atoms in total. The SMILES string of the molecule is O=C1NC(S)C(NC(=O)c2ccc(N3C(=O)c4c(Br)c(Br)c(Br)c(Br)c4C3=O)cc2)O1. The van der Waals surface area contributed by atoms with Gasteiger partial charge in [0, 0.05) is 23.5 Å². The highest BCUT2D eigenvalue weighted by Crippen LogP contribution is 2.46. The first-order valence-electron chi connectivity index (χ1n) is 8.42. The van der Waals surface area contributed by atoms with Gasteiger partial charge >= 0.3 is 6.09 Å². The van der Waals surface area contributed by atoms with E-state index in [1.54, 1.807) is 0 Å². The van der Waals surface area contributed by atoms with Crippen LogP contribution < -0.4 is 15.5 Å². The number of nitrogens with one attached hydrogen (secondary N) is 2. The van der Waals surface area contributed by atoms with Crippen molar-refractivity contribution >= 4 is 106 Å². The maximum atomic E-state index is 13.0. The van der Waals surface area contributed by atoms with Gasteiger partial charge in [0.25, 0.3) is 17.7 Å². The number of nitrogens with zero attached hydrogens (tertiary/aromatic N) is 1. The van der Waals surface area contributed by atoms with Gasteiger partial charge < -0.3 is 15.4 Å². The van der Waals surface area contributed by atoms with Gasteiger partial charge in [0.2, 0.25) is 6.23 Å². The number of thiol groups is 1. The van der Waals surface area contributed by atoms with Crippen molar-refractivity contribution in [2.24, 2.45) is 0 Å². The number of ether oxygens (including phenoxy) is 1. The van der Waals surface area contributed by atoms with Crippen molar-refractivity contribution in [2.45, 2.75) is 11.6 Å². The maximum Gasteiger partial charge on any atom is 0.410 e. The Bertz CT molecular complexity index is 1130. The Balaban J connectivity index is 1.60. The van der Waals surface area contributed by atoms with Crippen molar-refractivity contribution in [1.82, 2.24) is 10.6 Å². The number of alkyl carbamates (subject to hydrolysis) is 1. The quantitative estimate of drug-likeness (QED) is 0.189. The number of carbonyl (C=O) groups is 4. The molecule has 0 aromatic heterocycles. The fourth-order valence-electron chi connectivity index (χ4n) is 3.08. The summed E-state index contributed by atoms with van der Waals surface area (Å²) in [6, 6.07) is 5.89. The number of anilines is 1. The molecule has 160 valence electrons. The molecule has 1 fully saturated rings. The van der Waals surface area contributed by atoms with Crippen molar-refractivity contribution in [3.8, 4) is 0 Å². The van der Waals surface area contributed by atoms with Crippen LogP contribution in [0.4, 0.5) is 10.5 Å². The first kappa shape index (κ1) is 22.8. The monoisotopic (exact) mass is 695 g/mol. The normalized spacial score (nSPS) is 19.9. The zero-order valence-corrected chi connectivity index (χ0v) is 22.2. The van der Waals surface area contributed by atoms with E-state index in [0.717, 1.165) is 4.90 Å². The highest BCUT2D eigenvalue weighted by Gasteiger charge is 2.42. The lowest BCUT2D eigenvalue weighted by molar-refractivity contribution is 0.0791. The number of fused-ring (bicyclic) bond motifs is 1. The number of benzene rings is 2. The van der Waals surface area contributed by atoms with E-state index in [1.807, 2.05) is 0 Å². The van der Waals surface area contributed by atoms with Gasteiger partial charge in [-0.3, -0.25) is 14.4 Å². The zero-order valence-electron chi connectivity index (χ0n) is 14.9. The standard InChI is InChI=1S/C18H9Br4N3O5S/c19-9-7-8(10(20)12(22)11(9)21)17(28)25(16(7)27)6-3-1-5(2-4-6)13(26)23-14-15(31)24-18(29)30-14/h1-4,14-15,31H,(H,23,26)(H,24,29). The molecular formula is C18H9Br4N3O5S. The smallest absolute Gasteiger partial charge is 0.410 e. The van der Waals surface area contributed by atoms with Crippen LogP contribution in [-0.4, -0.2) is 35.4 Å². The summed E-state index contributed by atoms with van der Waals surface area (Å²) < 4.78 is 7.00. The topological polar surface area (TPSA) is 105 Å². The summed E-state index contributed by atoms with van der Waals surface area (Å²) in [5.74, 6) is -1.51. The number of carbonyl (C=O) groups excluding carboxylic acids is 4. The van der Waals surface area contributed by atoms with Crippen LogP contribution in [0.2, 0.25) is 0 Å². The van der Waals surface area contributed by atoms with Gasteiger partial charge in [-0.15, -0.1) is 12.6 Å². The van der Waals surface area contributed by atoms with Crippen molar-refractivity contribution in [3.05, 3.63) is 58.8 Å². The van der Waals surface area contributed by atoms with Crippen LogP contribution in [0.1, 0.15) is 31.1 Å². The summed E-state index contributed by atoms with van der Waals surface area (Å²) in [5, 5.41) is 4.25. The third-order valence-electron chi connectivity index (χ3n) is 4.55. The van der Waals surface area contributed by atoms with E-state index >= 15 is 0 Å². The molecule has 2 aromatic carbocycles. The molecule has 4 amide bonds. The van der Waals surface area contributed by atoms with E-state index < -0.39 is 35.4 Å². The molecule has 2 unspecified atom stereocenters. The van der Waals surface area contributed by atoms with Crippen LogP contribution in [-0.2, 0) is 4.74 Å². The lowest BCUT2D eigenvalue weighted by Crippen LogP contribution is -2.41. The third kappa shape index (κ3) is 3.84. The fourth-order valence-corrected chi connectivity index (χ4v) is 5.77. The fraction of sp³-hybridized carbons (Fsp3) is 0.111. The third-order valence-corrected chi connectivity index (χ3v) is 9.72. The first-order valence-corrected chi connectivity index (χ1v) is 12.1. The number of cyclic esters (lactones) is 1. The number of imide groups is 1.